The summed E-state index contributed by atoms with van der Waals surface area (Å²) in [6.07, 6.45) is 2.21. The number of nitrogens with one attached hydrogen (secondary N) is 1. The summed E-state index contributed by atoms with van der Waals surface area (Å²) in [6, 6.07) is 19.1. The van der Waals surface area contributed by atoms with Gasteiger partial charge in [-0.15, -0.1) is 0 Å². The molecular formula is C27H36ClN3O3. The van der Waals surface area contributed by atoms with Gasteiger partial charge in [-0.1, -0.05) is 54.1 Å². The first kappa shape index (κ1) is 25.1. The van der Waals surface area contributed by atoms with Crippen LogP contribution in [-0.2, 0) is 14.3 Å². The van der Waals surface area contributed by atoms with Crippen molar-refractivity contribution in [1.29, 1.82) is 0 Å². The molecule has 7 heteroatoms. The molecule has 3 unspecified atom stereocenters. The van der Waals surface area contributed by atoms with Crippen LogP contribution in [0.15, 0.2) is 54.6 Å². The highest BCUT2D eigenvalue weighted by Gasteiger charge is 2.26. The highest BCUT2D eigenvalue weighted by atomic mass is 35.5. The Bertz CT molecular complexity index is 882. The second-order valence-electron chi connectivity index (χ2n) is 9.20. The smallest absolute Gasteiger partial charge is 0.246 e. The minimum Gasteiger partial charge on any atom is -0.376 e. The Kier molecular flexibility index (Phi) is 9.36. The molecule has 2 aliphatic heterocycles. The van der Waals surface area contributed by atoms with Crippen LogP contribution in [0.1, 0.15) is 36.9 Å². The molecule has 184 valence electrons. The molecule has 4 rings (SSSR count). The Labute approximate surface area is 208 Å². The van der Waals surface area contributed by atoms with Crippen molar-refractivity contribution in [3.8, 4) is 0 Å². The van der Waals surface area contributed by atoms with E-state index in [2.05, 4.69) is 57.6 Å². The Morgan fingerprint density at radius 3 is 2.47 bits per heavy atom. The third kappa shape index (κ3) is 7.03. The van der Waals surface area contributed by atoms with Crippen LogP contribution < -0.4 is 5.32 Å². The second kappa shape index (κ2) is 12.7. The molecular weight excluding hydrogens is 450 g/mol. The van der Waals surface area contributed by atoms with Gasteiger partial charge in [0.05, 0.1) is 24.8 Å². The zero-order valence-corrected chi connectivity index (χ0v) is 20.8. The number of hydrogen-bond donors (Lipinski definition) is 1. The van der Waals surface area contributed by atoms with E-state index in [4.69, 9.17) is 21.1 Å². The minimum atomic E-state index is -0.0681. The molecule has 0 aromatic heterocycles. The normalized spacial score (nSPS) is 21.3. The van der Waals surface area contributed by atoms with Gasteiger partial charge in [0.15, 0.2) is 0 Å². The second-order valence-corrected chi connectivity index (χ2v) is 9.64. The molecule has 0 radical (unpaired) electrons. The molecule has 2 aromatic carbocycles. The van der Waals surface area contributed by atoms with Crippen LogP contribution in [0.25, 0.3) is 0 Å². The number of carbonyl (C=O) groups excluding carboxylic acids is 1. The standard InChI is InChI=1S/C27H36ClN3O3/c1-21(25-8-5-18-34-25)29-26(32)20-33-19-17-30-13-15-31(16-14-30)27(22-6-3-2-4-7-22)23-9-11-24(28)12-10-23/h2-4,6-7,9-12,21,25,27H,5,8,13-20H2,1H3,(H,29,32). The average Bonchev–Trinajstić information content (AvgIpc) is 3.40. The van der Waals surface area contributed by atoms with Crippen LogP contribution in [0.5, 0.6) is 0 Å². The summed E-state index contributed by atoms with van der Waals surface area (Å²) in [4.78, 5) is 17.1. The summed E-state index contributed by atoms with van der Waals surface area (Å²) in [5.41, 5.74) is 2.56. The summed E-state index contributed by atoms with van der Waals surface area (Å²) < 4.78 is 11.3. The predicted molar refractivity (Wildman–Crippen MR) is 135 cm³/mol. The maximum Gasteiger partial charge on any atom is 0.246 e. The molecule has 1 amide bonds. The van der Waals surface area contributed by atoms with Gasteiger partial charge in [-0.25, -0.2) is 0 Å². The van der Waals surface area contributed by atoms with Crippen molar-refractivity contribution in [3.63, 3.8) is 0 Å². The van der Waals surface area contributed by atoms with Gasteiger partial charge in [0.2, 0.25) is 5.91 Å². The van der Waals surface area contributed by atoms with Gasteiger partial charge in [0.1, 0.15) is 6.61 Å². The molecule has 34 heavy (non-hydrogen) atoms. The SMILES string of the molecule is CC(NC(=O)COCCN1CCN(C(c2ccccc2)c2ccc(Cl)cc2)CC1)C1CCCO1. The molecule has 2 aromatic rings. The number of carbonyl (C=O) groups is 1. The number of ether oxygens (including phenoxy) is 2. The van der Waals surface area contributed by atoms with E-state index in [1.165, 1.54) is 11.1 Å². The largest absolute Gasteiger partial charge is 0.376 e. The van der Waals surface area contributed by atoms with E-state index in [1.807, 2.05) is 19.1 Å². The van der Waals surface area contributed by atoms with Crippen LogP contribution in [0, 0.1) is 0 Å². The van der Waals surface area contributed by atoms with Crippen molar-refractivity contribution in [2.45, 2.75) is 38.0 Å². The third-order valence-electron chi connectivity index (χ3n) is 6.77. The van der Waals surface area contributed by atoms with Gasteiger partial charge in [-0.3, -0.25) is 14.6 Å². The monoisotopic (exact) mass is 485 g/mol. The number of rotatable bonds is 10. The van der Waals surface area contributed by atoms with Crippen LogP contribution in [0.3, 0.4) is 0 Å². The molecule has 2 heterocycles. The zero-order chi connectivity index (χ0) is 23.8. The Hall–Kier alpha value is -1.96. The van der Waals surface area contributed by atoms with Gasteiger partial charge in [0.25, 0.3) is 0 Å². The van der Waals surface area contributed by atoms with Crippen LogP contribution in [0.4, 0.5) is 0 Å². The molecule has 2 saturated heterocycles. The molecule has 0 spiro atoms. The van der Waals surface area contributed by atoms with E-state index in [0.717, 1.165) is 57.2 Å². The highest BCUT2D eigenvalue weighted by molar-refractivity contribution is 6.30. The van der Waals surface area contributed by atoms with Gasteiger partial charge >= 0.3 is 0 Å². The highest BCUT2D eigenvalue weighted by Crippen LogP contribution is 2.30. The van der Waals surface area contributed by atoms with Crippen molar-refractivity contribution < 1.29 is 14.3 Å². The van der Waals surface area contributed by atoms with Gasteiger partial charge in [0, 0.05) is 44.4 Å². The lowest BCUT2D eigenvalue weighted by atomic mass is 9.96. The first-order valence-corrected chi connectivity index (χ1v) is 12.7. The van der Waals surface area contributed by atoms with E-state index >= 15 is 0 Å². The molecule has 1 N–H and O–H groups in total. The maximum atomic E-state index is 12.1. The molecule has 2 aliphatic rings. The lowest BCUT2D eigenvalue weighted by molar-refractivity contribution is -0.127. The van der Waals surface area contributed by atoms with Gasteiger partial charge in [-0.2, -0.15) is 0 Å². The summed E-state index contributed by atoms with van der Waals surface area (Å²) in [6.45, 7) is 8.18. The summed E-state index contributed by atoms with van der Waals surface area (Å²) in [7, 11) is 0. The van der Waals surface area contributed by atoms with E-state index in [9.17, 15) is 4.79 Å². The number of amides is 1. The van der Waals surface area contributed by atoms with Gasteiger partial charge in [-0.05, 0) is 43.0 Å². The number of piperazine rings is 1. The summed E-state index contributed by atoms with van der Waals surface area (Å²) >= 11 is 6.14. The number of halogens is 1. The molecule has 0 saturated carbocycles. The van der Waals surface area contributed by atoms with Crippen LogP contribution in [0.2, 0.25) is 5.02 Å². The third-order valence-corrected chi connectivity index (χ3v) is 7.02. The fraction of sp³-hybridized carbons (Fsp3) is 0.519. The van der Waals surface area contributed by atoms with E-state index < -0.39 is 0 Å². The Balaban J connectivity index is 1.21. The minimum absolute atomic E-state index is 0.0323. The lowest BCUT2D eigenvalue weighted by Gasteiger charge is -2.39. The maximum absolute atomic E-state index is 12.1. The number of hydrogen-bond acceptors (Lipinski definition) is 5. The van der Waals surface area contributed by atoms with Crippen molar-refractivity contribution in [2.24, 2.45) is 0 Å². The first-order chi connectivity index (χ1) is 16.6. The molecule has 6 nitrogen and oxygen atoms in total. The van der Waals surface area contributed by atoms with Gasteiger partial charge < -0.3 is 14.8 Å². The molecule has 3 atom stereocenters. The molecule has 2 fully saturated rings. The van der Waals surface area contributed by atoms with E-state index in [1.54, 1.807) is 0 Å². The Morgan fingerprint density at radius 2 is 1.79 bits per heavy atom. The van der Waals surface area contributed by atoms with Crippen molar-refractivity contribution >= 4 is 17.5 Å². The molecule has 0 aliphatic carbocycles. The van der Waals surface area contributed by atoms with Crippen molar-refractivity contribution in [1.82, 2.24) is 15.1 Å². The fourth-order valence-corrected chi connectivity index (χ4v) is 5.01. The van der Waals surface area contributed by atoms with Crippen molar-refractivity contribution in [3.05, 3.63) is 70.7 Å². The van der Waals surface area contributed by atoms with Crippen molar-refractivity contribution in [2.75, 3.05) is 52.5 Å². The van der Waals surface area contributed by atoms with Crippen LogP contribution >= 0.6 is 11.6 Å². The zero-order valence-electron chi connectivity index (χ0n) is 20.0. The first-order valence-electron chi connectivity index (χ1n) is 12.4. The summed E-state index contributed by atoms with van der Waals surface area (Å²) in [5, 5.41) is 3.76. The number of nitrogens with zero attached hydrogens (tertiary/aromatic N) is 2. The predicted octanol–water partition coefficient (Wildman–Crippen LogP) is 3.75. The topological polar surface area (TPSA) is 54.0 Å². The quantitative estimate of drug-likeness (QED) is 0.519. The lowest BCUT2D eigenvalue weighted by Crippen LogP contribution is -2.48. The average molecular weight is 486 g/mol. The molecule has 0 bridgehead atoms. The van der Waals surface area contributed by atoms with E-state index in [-0.39, 0.29) is 30.7 Å². The van der Waals surface area contributed by atoms with Crippen LogP contribution in [-0.4, -0.2) is 80.4 Å². The summed E-state index contributed by atoms with van der Waals surface area (Å²) in [5.74, 6) is -0.0681. The van der Waals surface area contributed by atoms with E-state index in [0.29, 0.717) is 6.61 Å². The number of benzene rings is 2. The Morgan fingerprint density at radius 1 is 1.09 bits per heavy atom. The fourth-order valence-electron chi connectivity index (χ4n) is 4.88.